The van der Waals surface area contributed by atoms with E-state index in [1.165, 1.54) is 12.1 Å². The van der Waals surface area contributed by atoms with Crippen LogP contribution in [0, 0.1) is 5.82 Å². The Bertz CT molecular complexity index is 641. The van der Waals surface area contributed by atoms with Crippen LogP contribution in [0.4, 0.5) is 4.39 Å². The zero-order chi connectivity index (χ0) is 15.4. The van der Waals surface area contributed by atoms with Crippen LogP contribution in [0.25, 0.3) is 0 Å². The zero-order valence-electron chi connectivity index (χ0n) is 12.3. The van der Waals surface area contributed by atoms with E-state index in [4.69, 9.17) is 0 Å². The van der Waals surface area contributed by atoms with Crippen LogP contribution in [0.1, 0.15) is 30.0 Å². The molecule has 22 heavy (non-hydrogen) atoms. The quantitative estimate of drug-likeness (QED) is 0.861. The maximum atomic E-state index is 13.5. The van der Waals surface area contributed by atoms with E-state index in [2.05, 4.69) is 10.6 Å². The monoisotopic (exact) mass is 298 g/mol. The number of carbonyl (C=O) groups excluding carboxylic acids is 1. The number of rotatable bonds is 6. The van der Waals surface area contributed by atoms with Crippen molar-refractivity contribution >= 4 is 5.91 Å². The fraction of sp³-hybridized carbons (Fsp3) is 0.278. The van der Waals surface area contributed by atoms with Gasteiger partial charge in [0.05, 0.1) is 12.6 Å². The lowest BCUT2D eigenvalue weighted by Gasteiger charge is -2.20. The van der Waals surface area contributed by atoms with Crippen LogP contribution in [-0.2, 0) is 4.79 Å². The number of halogens is 1. The van der Waals surface area contributed by atoms with Gasteiger partial charge in [-0.1, -0.05) is 42.5 Å². The number of nitrogens with one attached hydrogen (secondary N) is 2. The Morgan fingerprint density at radius 3 is 2.50 bits per heavy atom. The van der Waals surface area contributed by atoms with Crippen molar-refractivity contribution < 1.29 is 9.18 Å². The van der Waals surface area contributed by atoms with Crippen LogP contribution < -0.4 is 10.6 Å². The first-order valence-electron chi connectivity index (χ1n) is 7.55. The van der Waals surface area contributed by atoms with E-state index in [9.17, 15) is 9.18 Å². The van der Waals surface area contributed by atoms with E-state index < -0.39 is 0 Å². The van der Waals surface area contributed by atoms with E-state index in [1.54, 1.807) is 6.07 Å². The van der Waals surface area contributed by atoms with Gasteiger partial charge in [0.15, 0.2) is 0 Å². The maximum Gasteiger partial charge on any atom is 0.234 e. The molecule has 0 aliphatic heterocycles. The molecule has 0 saturated heterocycles. The molecule has 114 valence electrons. The van der Waals surface area contributed by atoms with E-state index in [0.29, 0.717) is 6.04 Å². The highest BCUT2D eigenvalue weighted by Gasteiger charge is 2.23. The molecule has 2 N–H and O–H groups in total. The largest absolute Gasteiger partial charge is 0.352 e. The van der Waals surface area contributed by atoms with Gasteiger partial charge in [-0.15, -0.1) is 0 Å². The van der Waals surface area contributed by atoms with Gasteiger partial charge in [-0.3, -0.25) is 10.1 Å². The van der Waals surface area contributed by atoms with Gasteiger partial charge in [0, 0.05) is 6.04 Å². The Kier molecular flexibility index (Phi) is 4.49. The minimum atomic E-state index is -0.275. The highest BCUT2D eigenvalue weighted by molar-refractivity contribution is 5.78. The van der Waals surface area contributed by atoms with Crippen molar-refractivity contribution in [2.45, 2.75) is 24.9 Å². The number of carbonyl (C=O) groups is 1. The molecular weight excluding hydrogens is 279 g/mol. The normalized spacial score (nSPS) is 15.3. The highest BCUT2D eigenvalue weighted by atomic mass is 19.1. The van der Waals surface area contributed by atoms with E-state index in [1.807, 2.05) is 36.4 Å². The molecule has 1 amide bonds. The summed E-state index contributed by atoms with van der Waals surface area (Å²) in [6, 6.07) is 16.4. The molecule has 1 fully saturated rings. The van der Waals surface area contributed by atoms with E-state index in [-0.39, 0.29) is 24.3 Å². The second-order valence-electron chi connectivity index (χ2n) is 5.62. The molecule has 4 heteroatoms. The molecule has 0 aromatic heterocycles. The molecule has 1 saturated carbocycles. The third-order valence-corrected chi connectivity index (χ3v) is 3.72. The zero-order valence-corrected chi connectivity index (χ0v) is 12.3. The second kappa shape index (κ2) is 6.71. The summed E-state index contributed by atoms with van der Waals surface area (Å²) in [5.41, 5.74) is 1.82. The Morgan fingerprint density at radius 1 is 1.09 bits per heavy atom. The molecule has 2 aromatic rings. The van der Waals surface area contributed by atoms with Crippen molar-refractivity contribution in [3.05, 3.63) is 71.5 Å². The molecule has 2 aromatic carbocycles. The van der Waals surface area contributed by atoms with Crippen molar-refractivity contribution in [3.63, 3.8) is 0 Å². The Labute approximate surface area is 129 Å². The topological polar surface area (TPSA) is 41.1 Å². The van der Waals surface area contributed by atoms with Crippen LogP contribution in [0.3, 0.4) is 0 Å². The van der Waals surface area contributed by atoms with Crippen LogP contribution in [0.5, 0.6) is 0 Å². The fourth-order valence-electron chi connectivity index (χ4n) is 2.46. The van der Waals surface area contributed by atoms with Crippen LogP contribution in [0.15, 0.2) is 54.6 Å². The van der Waals surface area contributed by atoms with Crippen molar-refractivity contribution in [3.8, 4) is 0 Å². The molecule has 0 unspecified atom stereocenters. The lowest BCUT2D eigenvalue weighted by atomic mass is 9.98. The average Bonchev–Trinajstić information content (AvgIpc) is 3.32. The first kappa shape index (κ1) is 14.7. The summed E-state index contributed by atoms with van der Waals surface area (Å²) >= 11 is 0. The summed E-state index contributed by atoms with van der Waals surface area (Å²) in [6.07, 6.45) is 2.13. The maximum absolute atomic E-state index is 13.5. The molecule has 1 aliphatic rings. The minimum Gasteiger partial charge on any atom is -0.352 e. The van der Waals surface area contributed by atoms with Gasteiger partial charge >= 0.3 is 0 Å². The van der Waals surface area contributed by atoms with Gasteiger partial charge in [0.2, 0.25) is 5.91 Å². The Morgan fingerprint density at radius 2 is 1.82 bits per heavy atom. The van der Waals surface area contributed by atoms with Crippen molar-refractivity contribution in [2.75, 3.05) is 6.54 Å². The molecule has 0 spiro atoms. The number of amides is 1. The third kappa shape index (κ3) is 3.92. The smallest absolute Gasteiger partial charge is 0.234 e. The molecule has 3 rings (SSSR count). The number of hydrogen-bond acceptors (Lipinski definition) is 2. The van der Waals surface area contributed by atoms with Crippen molar-refractivity contribution in [1.29, 1.82) is 0 Å². The van der Waals surface area contributed by atoms with Crippen LogP contribution >= 0.6 is 0 Å². The second-order valence-corrected chi connectivity index (χ2v) is 5.62. The van der Waals surface area contributed by atoms with Gasteiger partial charge < -0.3 is 5.32 Å². The minimum absolute atomic E-state index is 0.0140. The molecule has 3 nitrogen and oxygen atoms in total. The SMILES string of the molecule is O=C(CN[C@@H](c1ccccc1)c1cccc(F)c1)NC1CC1. The number of hydrogen-bond donors (Lipinski definition) is 2. The van der Waals surface area contributed by atoms with Crippen molar-refractivity contribution in [1.82, 2.24) is 10.6 Å². The van der Waals surface area contributed by atoms with Gasteiger partial charge in [-0.25, -0.2) is 4.39 Å². The first-order valence-corrected chi connectivity index (χ1v) is 7.55. The predicted molar refractivity (Wildman–Crippen MR) is 83.9 cm³/mol. The molecule has 0 heterocycles. The molecule has 1 aliphatic carbocycles. The lowest BCUT2D eigenvalue weighted by molar-refractivity contribution is -0.120. The van der Waals surface area contributed by atoms with Crippen molar-refractivity contribution in [2.24, 2.45) is 0 Å². The van der Waals surface area contributed by atoms with E-state index >= 15 is 0 Å². The fourth-order valence-corrected chi connectivity index (χ4v) is 2.46. The number of benzene rings is 2. The van der Waals surface area contributed by atoms with Gasteiger partial charge in [-0.2, -0.15) is 0 Å². The summed E-state index contributed by atoms with van der Waals surface area (Å²) in [4.78, 5) is 11.9. The average molecular weight is 298 g/mol. The highest BCUT2D eigenvalue weighted by Crippen LogP contribution is 2.22. The first-order chi connectivity index (χ1) is 10.7. The van der Waals surface area contributed by atoms with Gasteiger partial charge in [-0.05, 0) is 36.1 Å². The predicted octanol–water partition coefficient (Wildman–Crippen LogP) is 2.78. The summed E-state index contributed by atoms with van der Waals surface area (Å²) in [6.45, 7) is 0.215. The summed E-state index contributed by atoms with van der Waals surface area (Å²) in [7, 11) is 0. The molecule has 1 atom stereocenters. The molecular formula is C18H19FN2O. The molecule has 0 radical (unpaired) electrons. The molecule has 0 bridgehead atoms. The Hall–Kier alpha value is -2.20. The Balaban J connectivity index is 1.75. The van der Waals surface area contributed by atoms with Crippen LogP contribution in [0.2, 0.25) is 0 Å². The summed E-state index contributed by atoms with van der Waals surface area (Å²) < 4.78 is 13.5. The van der Waals surface area contributed by atoms with Gasteiger partial charge in [0.25, 0.3) is 0 Å². The summed E-state index contributed by atoms with van der Waals surface area (Å²) in [5, 5.41) is 6.18. The van der Waals surface area contributed by atoms with E-state index in [0.717, 1.165) is 24.0 Å². The van der Waals surface area contributed by atoms with Crippen LogP contribution in [-0.4, -0.2) is 18.5 Å². The third-order valence-electron chi connectivity index (χ3n) is 3.72. The van der Waals surface area contributed by atoms with Gasteiger partial charge in [0.1, 0.15) is 5.82 Å². The lowest BCUT2D eigenvalue weighted by Crippen LogP contribution is -2.37. The standard InChI is InChI=1S/C18H19FN2O/c19-15-8-4-7-14(11-15)18(13-5-2-1-3-6-13)20-12-17(22)21-16-9-10-16/h1-8,11,16,18,20H,9-10,12H2,(H,21,22)/t18-/m0/s1. The summed E-state index contributed by atoms with van der Waals surface area (Å²) in [5.74, 6) is -0.289.